The van der Waals surface area contributed by atoms with Gasteiger partial charge in [0.25, 0.3) is 0 Å². The van der Waals surface area contributed by atoms with Crippen LogP contribution >= 0.6 is 11.6 Å². The number of hydrogen-bond acceptors (Lipinski definition) is 7. The third kappa shape index (κ3) is 3.94. The summed E-state index contributed by atoms with van der Waals surface area (Å²) in [6, 6.07) is 7.71. The summed E-state index contributed by atoms with van der Waals surface area (Å²) >= 11 is 6.26. The first-order chi connectivity index (χ1) is 17.0. The Kier molecular flexibility index (Phi) is 6.22. The van der Waals surface area contributed by atoms with Gasteiger partial charge in [0.2, 0.25) is 16.4 Å². The lowest BCUT2D eigenvalue weighted by molar-refractivity contribution is 0.142. The van der Waals surface area contributed by atoms with Crippen molar-refractivity contribution in [3.05, 3.63) is 74.8 Å². The van der Waals surface area contributed by atoms with Crippen molar-refractivity contribution in [2.24, 2.45) is 0 Å². The van der Waals surface area contributed by atoms with Crippen LogP contribution in [0.2, 0.25) is 5.02 Å². The fourth-order valence-electron chi connectivity index (χ4n) is 5.26. The number of benzene rings is 2. The Balaban J connectivity index is 1.70. The van der Waals surface area contributed by atoms with E-state index in [2.05, 4.69) is 10.00 Å². The van der Waals surface area contributed by atoms with Crippen LogP contribution in [0.3, 0.4) is 0 Å². The number of nitrogens with zero attached hydrogens (tertiary/aromatic N) is 5. The van der Waals surface area contributed by atoms with Crippen molar-refractivity contribution in [1.82, 2.24) is 19.0 Å². The van der Waals surface area contributed by atoms with E-state index in [1.54, 1.807) is 26.0 Å². The number of fused-ring (bicyclic) bond motifs is 1. The normalized spacial score (nSPS) is 20.1. The monoisotopic (exact) mass is 535 g/mol. The average Bonchev–Trinajstić information content (AvgIpc) is 3.21. The lowest BCUT2D eigenvalue weighted by atomic mass is 9.90. The number of aryl methyl sites for hydroxylation is 1. The highest BCUT2D eigenvalue weighted by Crippen LogP contribution is 2.44. The van der Waals surface area contributed by atoms with Crippen LogP contribution in [-0.4, -0.2) is 60.3 Å². The van der Waals surface area contributed by atoms with Crippen molar-refractivity contribution in [3.63, 3.8) is 0 Å². The first-order valence-electron chi connectivity index (χ1n) is 11.5. The maximum Gasteiger partial charge on any atom is 0.438 e. The highest BCUT2D eigenvalue weighted by Gasteiger charge is 2.47. The first-order valence-corrected chi connectivity index (χ1v) is 13.4. The third-order valence-corrected chi connectivity index (χ3v) is 9.37. The van der Waals surface area contributed by atoms with E-state index in [-0.39, 0.29) is 17.6 Å². The van der Waals surface area contributed by atoms with Crippen LogP contribution in [0.1, 0.15) is 35.7 Å². The molecule has 5 rings (SSSR count). The summed E-state index contributed by atoms with van der Waals surface area (Å²) in [6.45, 7) is 6.74. The lowest BCUT2D eigenvalue weighted by Crippen LogP contribution is -2.63. The predicted octanol–water partition coefficient (Wildman–Crippen LogP) is 3.33. The molecule has 0 saturated carbocycles. The molecule has 3 aromatic rings. The van der Waals surface area contributed by atoms with Crippen molar-refractivity contribution >= 4 is 27.3 Å². The zero-order chi connectivity index (χ0) is 25.9. The van der Waals surface area contributed by atoms with E-state index >= 15 is 4.39 Å². The number of sulfonamides is 1. The Hall–Kier alpha value is -2.73. The molecular formula is C24H27ClFN5O4S. The van der Waals surface area contributed by atoms with Crippen molar-refractivity contribution < 1.29 is 17.2 Å². The molecule has 36 heavy (non-hydrogen) atoms. The molecule has 9 nitrogen and oxygen atoms in total. The van der Waals surface area contributed by atoms with Crippen LogP contribution in [-0.2, 0) is 10.0 Å². The van der Waals surface area contributed by atoms with Crippen LogP contribution in [0.15, 0.2) is 50.8 Å². The van der Waals surface area contributed by atoms with Crippen LogP contribution in [0.4, 0.5) is 10.1 Å². The SMILES string of the molecule is Cc1ccc(F)c([C@@H](C)[C@H](N2CN(C3CN(C)C3)c3cc(Cl)ccc3S2(=O)=O)n2ncoc2=O)c1C. The quantitative estimate of drug-likeness (QED) is 0.495. The van der Waals surface area contributed by atoms with Crippen molar-refractivity contribution in [3.8, 4) is 0 Å². The second kappa shape index (κ2) is 8.98. The van der Waals surface area contributed by atoms with Gasteiger partial charge in [0.15, 0.2) is 0 Å². The number of likely N-dealkylation sites (N-methyl/N-ethyl adjacent to an activating group) is 1. The standard InChI is InChI=1S/C24H27ClFN5O4S/c1-14-5-7-19(26)22(15(14)2)16(3)23(31-24(32)35-12-27-31)30-13-29(18-10-28(4)11-18)20-9-17(25)6-8-21(20)36(30,33)34/h5-9,12,16,18,23H,10-11,13H2,1-4H3/t16-,23-/m1/s1. The molecule has 1 aromatic heterocycles. The molecular weight excluding hydrogens is 509 g/mol. The second-order valence-electron chi connectivity index (χ2n) is 9.54. The number of aromatic nitrogens is 2. The van der Waals surface area contributed by atoms with Gasteiger partial charge in [0, 0.05) is 24.0 Å². The average molecular weight is 536 g/mol. The fourth-order valence-corrected chi connectivity index (χ4v) is 7.19. The summed E-state index contributed by atoms with van der Waals surface area (Å²) in [4.78, 5) is 16.9. The van der Waals surface area contributed by atoms with Gasteiger partial charge in [-0.25, -0.2) is 17.6 Å². The molecule has 0 aliphatic carbocycles. The van der Waals surface area contributed by atoms with Crippen LogP contribution < -0.4 is 10.7 Å². The first kappa shape index (κ1) is 24.9. The summed E-state index contributed by atoms with van der Waals surface area (Å²) in [5.74, 6) is -2.09. The predicted molar refractivity (Wildman–Crippen MR) is 133 cm³/mol. The largest absolute Gasteiger partial charge is 0.438 e. The summed E-state index contributed by atoms with van der Waals surface area (Å²) < 4.78 is 50.4. The molecule has 0 amide bonds. The smallest absolute Gasteiger partial charge is 0.395 e. The highest BCUT2D eigenvalue weighted by atomic mass is 35.5. The molecule has 2 aliphatic heterocycles. The molecule has 192 valence electrons. The molecule has 0 unspecified atom stereocenters. The Labute approximate surface area is 213 Å². The van der Waals surface area contributed by atoms with E-state index in [0.717, 1.165) is 29.7 Å². The Morgan fingerprint density at radius 2 is 1.92 bits per heavy atom. The van der Waals surface area contributed by atoms with Gasteiger partial charge in [-0.1, -0.05) is 24.6 Å². The number of anilines is 1. The highest BCUT2D eigenvalue weighted by molar-refractivity contribution is 7.89. The molecule has 1 saturated heterocycles. The molecule has 0 N–H and O–H groups in total. The van der Waals surface area contributed by atoms with Gasteiger partial charge in [-0.3, -0.25) is 0 Å². The molecule has 12 heteroatoms. The molecule has 2 aliphatic rings. The molecule has 0 radical (unpaired) electrons. The Morgan fingerprint density at radius 3 is 2.56 bits per heavy atom. The maximum atomic E-state index is 15.2. The van der Waals surface area contributed by atoms with Crippen molar-refractivity contribution in [2.75, 3.05) is 31.7 Å². The van der Waals surface area contributed by atoms with Crippen molar-refractivity contribution in [1.29, 1.82) is 0 Å². The van der Waals surface area contributed by atoms with E-state index in [0.29, 0.717) is 21.8 Å². The van der Waals surface area contributed by atoms with E-state index in [1.165, 1.54) is 22.5 Å². The Bertz CT molecular complexity index is 1480. The maximum absolute atomic E-state index is 15.2. The minimum Gasteiger partial charge on any atom is -0.395 e. The topological polar surface area (TPSA) is 91.9 Å². The van der Waals surface area contributed by atoms with Gasteiger partial charge in [-0.15, -0.1) is 5.10 Å². The molecule has 0 bridgehead atoms. The van der Waals surface area contributed by atoms with Gasteiger partial charge in [-0.05, 0) is 61.9 Å². The summed E-state index contributed by atoms with van der Waals surface area (Å²) in [5, 5.41) is 4.45. The zero-order valence-electron chi connectivity index (χ0n) is 20.4. The number of hydrogen-bond donors (Lipinski definition) is 0. The molecule has 2 atom stereocenters. The molecule has 3 heterocycles. The molecule has 2 aromatic carbocycles. The van der Waals surface area contributed by atoms with Gasteiger partial charge in [0.1, 0.15) is 16.9 Å². The van der Waals surface area contributed by atoms with Gasteiger partial charge >= 0.3 is 5.76 Å². The van der Waals surface area contributed by atoms with E-state index in [1.807, 2.05) is 18.9 Å². The van der Waals surface area contributed by atoms with Crippen LogP contribution in [0.5, 0.6) is 0 Å². The third-order valence-electron chi connectivity index (χ3n) is 7.29. The Morgan fingerprint density at radius 1 is 1.19 bits per heavy atom. The van der Waals surface area contributed by atoms with Crippen LogP contribution in [0.25, 0.3) is 0 Å². The molecule has 1 fully saturated rings. The summed E-state index contributed by atoms with van der Waals surface area (Å²) in [7, 11) is -2.16. The lowest BCUT2D eigenvalue weighted by Gasteiger charge is -2.50. The minimum atomic E-state index is -4.14. The van der Waals surface area contributed by atoms with Gasteiger partial charge < -0.3 is 14.2 Å². The number of halogens is 2. The second-order valence-corrected chi connectivity index (χ2v) is 11.8. The van der Waals surface area contributed by atoms with Crippen LogP contribution in [0, 0.1) is 19.7 Å². The number of rotatable bonds is 5. The van der Waals surface area contributed by atoms with Gasteiger partial charge in [0.05, 0.1) is 18.4 Å². The fraction of sp³-hybridized carbons (Fsp3) is 0.417. The summed E-state index contributed by atoms with van der Waals surface area (Å²) in [5.41, 5.74) is 2.36. The zero-order valence-corrected chi connectivity index (χ0v) is 21.9. The minimum absolute atomic E-state index is 0.0349. The van der Waals surface area contributed by atoms with Crippen molar-refractivity contribution in [2.45, 2.75) is 43.8 Å². The number of likely N-dealkylation sites (tertiary alicyclic amines) is 1. The summed E-state index contributed by atoms with van der Waals surface area (Å²) in [6.07, 6.45) is -0.217. The molecule has 0 spiro atoms. The van der Waals surface area contributed by atoms with E-state index in [4.69, 9.17) is 16.0 Å². The van der Waals surface area contributed by atoms with E-state index < -0.39 is 33.7 Å². The van der Waals surface area contributed by atoms with Gasteiger partial charge in [-0.2, -0.15) is 8.99 Å². The van der Waals surface area contributed by atoms with E-state index in [9.17, 15) is 13.2 Å².